The first kappa shape index (κ1) is 16.0. The molecule has 0 N–H and O–H groups in total. The van der Waals surface area contributed by atoms with E-state index in [1.54, 1.807) is 11.3 Å². The van der Waals surface area contributed by atoms with Crippen molar-refractivity contribution in [3.8, 4) is 10.7 Å². The third kappa shape index (κ3) is 3.19. The Hall–Kier alpha value is -2.54. The third-order valence-electron chi connectivity index (χ3n) is 4.67. The number of aromatic nitrogens is 4. The molecule has 4 rings (SSSR count). The Morgan fingerprint density at radius 3 is 3.04 bits per heavy atom. The summed E-state index contributed by atoms with van der Waals surface area (Å²) in [5.41, 5.74) is 2.60. The van der Waals surface area contributed by atoms with Crippen LogP contribution in [0.25, 0.3) is 10.7 Å². The largest absolute Gasteiger partial charge is 0.337 e. The predicted molar refractivity (Wildman–Crippen MR) is 96.0 cm³/mol. The molecule has 2 aromatic heterocycles. The van der Waals surface area contributed by atoms with Crippen LogP contribution >= 0.6 is 11.3 Å². The number of likely N-dealkylation sites (N-methyl/N-ethyl adjacent to an activating group) is 1. The highest BCUT2D eigenvalue weighted by molar-refractivity contribution is 7.13. The molecule has 1 aliphatic rings. The molecule has 1 atom stereocenters. The minimum absolute atomic E-state index is 0.00293. The van der Waals surface area contributed by atoms with Gasteiger partial charge < -0.3 is 4.90 Å². The number of nitrogens with zero attached hydrogens (tertiary/aromatic N) is 5. The van der Waals surface area contributed by atoms with Gasteiger partial charge in [-0.3, -0.25) is 4.79 Å². The standard InChI is InChI=1S/C18H19N5OS/c1-22(15-9-4-7-13-6-2-3-8-14(13)15)17(24)12-23-20-18(19-21-23)16-10-5-11-25-16/h2-3,5-6,8,10-11,15H,4,7,9,12H2,1H3. The molecule has 0 bridgehead atoms. The van der Waals surface area contributed by atoms with Crippen molar-refractivity contribution >= 4 is 17.2 Å². The molecule has 0 saturated carbocycles. The normalized spacial score (nSPS) is 16.4. The number of carbonyl (C=O) groups excluding carboxylic acids is 1. The Morgan fingerprint density at radius 2 is 2.20 bits per heavy atom. The summed E-state index contributed by atoms with van der Waals surface area (Å²) >= 11 is 1.56. The maximum atomic E-state index is 12.7. The second kappa shape index (κ2) is 6.76. The van der Waals surface area contributed by atoms with Crippen LogP contribution in [0.1, 0.15) is 30.0 Å². The molecule has 2 heterocycles. The van der Waals surface area contributed by atoms with Gasteiger partial charge in [0.05, 0.1) is 10.9 Å². The monoisotopic (exact) mass is 353 g/mol. The van der Waals surface area contributed by atoms with Crippen LogP contribution in [0.4, 0.5) is 0 Å². The summed E-state index contributed by atoms with van der Waals surface area (Å²) in [4.78, 5) is 16.9. The van der Waals surface area contributed by atoms with E-state index in [0.29, 0.717) is 5.82 Å². The summed E-state index contributed by atoms with van der Waals surface area (Å²) in [6.07, 6.45) is 3.18. The lowest BCUT2D eigenvalue weighted by molar-refractivity contribution is -0.133. The highest BCUT2D eigenvalue weighted by atomic mass is 32.1. The van der Waals surface area contributed by atoms with Crippen molar-refractivity contribution in [1.29, 1.82) is 0 Å². The molecule has 128 valence electrons. The van der Waals surface area contributed by atoms with Crippen LogP contribution in [0.3, 0.4) is 0 Å². The molecule has 1 unspecified atom stereocenters. The van der Waals surface area contributed by atoms with Gasteiger partial charge in [-0.15, -0.1) is 21.5 Å². The molecule has 3 aromatic rings. The minimum Gasteiger partial charge on any atom is -0.337 e. The van der Waals surface area contributed by atoms with Gasteiger partial charge in [0.2, 0.25) is 11.7 Å². The fourth-order valence-corrected chi connectivity index (χ4v) is 4.00. The Kier molecular flexibility index (Phi) is 4.31. The average Bonchev–Trinajstić information content (AvgIpc) is 3.32. The van der Waals surface area contributed by atoms with E-state index in [1.165, 1.54) is 15.9 Å². The molecule has 1 amide bonds. The number of thiophene rings is 1. The number of aryl methyl sites for hydroxylation is 1. The molecule has 0 aliphatic heterocycles. The van der Waals surface area contributed by atoms with Crippen molar-refractivity contribution in [2.75, 3.05) is 7.05 Å². The molecule has 25 heavy (non-hydrogen) atoms. The van der Waals surface area contributed by atoms with Gasteiger partial charge in [0.25, 0.3) is 0 Å². The number of benzene rings is 1. The van der Waals surface area contributed by atoms with Gasteiger partial charge in [-0.1, -0.05) is 30.3 Å². The van der Waals surface area contributed by atoms with E-state index in [0.717, 1.165) is 24.1 Å². The Bertz CT molecular complexity index is 873. The van der Waals surface area contributed by atoms with Gasteiger partial charge in [-0.25, -0.2) is 0 Å². The van der Waals surface area contributed by atoms with Crippen molar-refractivity contribution in [2.24, 2.45) is 0 Å². The molecular formula is C18H19N5OS. The lowest BCUT2D eigenvalue weighted by Crippen LogP contribution is -2.36. The summed E-state index contributed by atoms with van der Waals surface area (Å²) in [5, 5.41) is 14.3. The predicted octanol–water partition coefficient (Wildman–Crippen LogP) is 2.94. The fraction of sp³-hybridized carbons (Fsp3) is 0.333. The highest BCUT2D eigenvalue weighted by Crippen LogP contribution is 2.33. The van der Waals surface area contributed by atoms with Crippen LogP contribution in [0, 0.1) is 0 Å². The molecule has 0 spiro atoms. The van der Waals surface area contributed by atoms with Gasteiger partial charge >= 0.3 is 0 Å². The summed E-state index contributed by atoms with van der Waals surface area (Å²) in [7, 11) is 1.87. The molecule has 6 nitrogen and oxygen atoms in total. The highest BCUT2D eigenvalue weighted by Gasteiger charge is 2.26. The summed E-state index contributed by atoms with van der Waals surface area (Å²) in [6.45, 7) is 0.105. The van der Waals surface area contributed by atoms with Crippen molar-refractivity contribution in [1.82, 2.24) is 25.1 Å². The number of carbonyl (C=O) groups is 1. The summed E-state index contributed by atoms with van der Waals surface area (Å²) in [6, 6.07) is 12.4. The number of fused-ring (bicyclic) bond motifs is 1. The van der Waals surface area contributed by atoms with Crippen LogP contribution in [-0.2, 0) is 17.8 Å². The lowest BCUT2D eigenvalue weighted by atomic mass is 9.87. The average molecular weight is 353 g/mol. The quantitative estimate of drug-likeness (QED) is 0.723. The second-order valence-electron chi connectivity index (χ2n) is 6.23. The molecule has 1 aliphatic carbocycles. The fourth-order valence-electron chi connectivity index (χ4n) is 3.35. The maximum absolute atomic E-state index is 12.7. The van der Waals surface area contributed by atoms with E-state index < -0.39 is 0 Å². The van der Waals surface area contributed by atoms with Gasteiger partial charge in [0.15, 0.2) is 0 Å². The van der Waals surface area contributed by atoms with E-state index in [9.17, 15) is 4.79 Å². The van der Waals surface area contributed by atoms with Crippen molar-refractivity contribution < 1.29 is 4.79 Å². The van der Waals surface area contributed by atoms with E-state index >= 15 is 0 Å². The van der Waals surface area contributed by atoms with Crippen molar-refractivity contribution in [3.05, 3.63) is 52.9 Å². The lowest BCUT2D eigenvalue weighted by Gasteiger charge is -2.33. The van der Waals surface area contributed by atoms with Gasteiger partial charge in [0.1, 0.15) is 6.54 Å². The molecular weight excluding hydrogens is 334 g/mol. The van der Waals surface area contributed by atoms with Crippen LogP contribution in [0.15, 0.2) is 41.8 Å². The van der Waals surface area contributed by atoms with Gasteiger partial charge in [-0.2, -0.15) is 4.80 Å². The van der Waals surface area contributed by atoms with E-state index in [-0.39, 0.29) is 18.5 Å². The molecule has 1 aromatic carbocycles. The number of rotatable bonds is 4. The Balaban J connectivity index is 1.48. The van der Waals surface area contributed by atoms with Gasteiger partial charge in [0, 0.05) is 7.05 Å². The second-order valence-corrected chi connectivity index (χ2v) is 7.18. The maximum Gasteiger partial charge on any atom is 0.246 e. The molecule has 0 fully saturated rings. The molecule has 7 heteroatoms. The zero-order chi connectivity index (χ0) is 17.2. The number of hydrogen-bond acceptors (Lipinski definition) is 5. The number of amides is 1. The molecule has 0 radical (unpaired) electrons. The van der Waals surface area contributed by atoms with Gasteiger partial charge in [-0.05, 0) is 47.0 Å². The zero-order valence-corrected chi connectivity index (χ0v) is 14.8. The number of hydrogen-bond donors (Lipinski definition) is 0. The third-order valence-corrected chi connectivity index (χ3v) is 5.54. The first-order valence-electron chi connectivity index (χ1n) is 8.37. The Morgan fingerprint density at radius 1 is 1.32 bits per heavy atom. The Labute approximate surface area is 150 Å². The smallest absolute Gasteiger partial charge is 0.246 e. The minimum atomic E-state index is -0.00293. The van der Waals surface area contributed by atoms with Crippen LogP contribution in [-0.4, -0.2) is 38.1 Å². The van der Waals surface area contributed by atoms with E-state index in [1.807, 2.05) is 35.5 Å². The molecule has 0 saturated heterocycles. The SMILES string of the molecule is CN(C(=O)Cn1nnc(-c2cccs2)n1)C1CCCc2ccccc21. The summed E-state index contributed by atoms with van der Waals surface area (Å²) < 4.78 is 0. The van der Waals surface area contributed by atoms with E-state index in [4.69, 9.17) is 0 Å². The van der Waals surface area contributed by atoms with Crippen LogP contribution in [0.2, 0.25) is 0 Å². The van der Waals surface area contributed by atoms with E-state index in [2.05, 4.69) is 33.6 Å². The number of tetrazole rings is 1. The van der Waals surface area contributed by atoms with Crippen LogP contribution < -0.4 is 0 Å². The first-order chi connectivity index (χ1) is 12.2. The van der Waals surface area contributed by atoms with Crippen molar-refractivity contribution in [3.63, 3.8) is 0 Å². The zero-order valence-electron chi connectivity index (χ0n) is 14.0. The topological polar surface area (TPSA) is 63.9 Å². The van der Waals surface area contributed by atoms with Crippen LogP contribution in [0.5, 0.6) is 0 Å². The summed E-state index contributed by atoms with van der Waals surface area (Å²) in [5.74, 6) is 0.560. The first-order valence-corrected chi connectivity index (χ1v) is 9.25. The van der Waals surface area contributed by atoms with Crippen molar-refractivity contribution in [2.45, 2.75) is 31.8 Å².